The van der Waals surface area contributed by atoms with Crippen LogP contribution in [0.1, 0.15) is 5.56 Å². The molecule has 1 heterocycles. The van der Waals surface area contributed by atoms with Crippen LogP contribution in [-0.2, 0) is 16.1 Å². The first-order valence-electron chi connectivity index (χ1n) is 5.43. The Labute approximate surface area is 112 Å². The van der Waals surface area contributed by atoms with E-state index in [0.29, 0.717) is 10.0 Å². The molecule has 0 spiro atoms. The SMILES string of the molecule is CN1CC(=O)N(Cc2ccc(Br)cc2F)CC1=O. The highest BCUT2D eigenvalue weighted by Crippen LogP contribution is 2.17. The van der Waals surface area contributed by atoms with Gasteiger partial charge in [-0.2, -0.15) is 0 Å². The lowest BCUT2D eigenvalue weighted by molar-refractivity contribution is -0.149. The van der Waals surface area contributed by atoms with Gasteiger partial charge in [-0.05, 0) is 12.1 Å². The highest BCUT2D eigenvalue weighted by atomic mass is 79.9. The van der Waals surface area contributed by atoms with Gasteiger partial charge in [0.05, 0.1) is 6.54 Å². The number of benzene rings is 1. The van der Waals surface area contributed by atoms with E-state index in [4.69, 9.17) is 0 Å². The van der Waals surface area contributed by atoms with E-state index in [1.54, 1.807) is 19.2 Å². The number of hydrogen-bond donors (Lipinski definition) is 0. The number of nitrogens with zero attached hydrogens (tertiary/aromatic N) is 2. The highest BCUT2D eigenvalue weighted by molar-refractivity contribution is 9.10. The molecule has 0 N–H and O–H groups in total. The fourth-order valence-corrected chi connectivity index (χ4v) is 2.10. The predicted molar refractivity (Wildman–Crippen MR) is 67.2 cm³/mol. The van der Waals surface area contributed by atoms with E-state index in [2.05, 4.69) is 15.9 Å². The fourth-order valence-electron chi connectivity index (χ4n) is 1.76. The van der Waals surface area contributed by atoms with E-state index in [9.17, 15) is 14.0 Å². The molecule has 0 atom stereocenters. The monoisotopic (exact) mass is 314 g/mol. The third kappa shape index (κ3) is 2.69. The molecule has 1 aliphatic rings. The van der Waals surface area contributed by atoms with Crippen molar-refractivity contribution in [2.75, 3.05) is 20.1 Å². The summed E-state index contributed by atoms with van der Waals surface area (Å²) in [4.78, 5) is 26.0. The van der Waals surface area contributed by atoms with Crippen LogP contribution in [0.5, 0.6) is 0 Å². The summed E-state index contributed by atoms with van der Waals surface area (Å²) in [6, 6.07) is 4.66. The number of carbonyl (C=O) groups excluding carboxylic acids is 2. The maximum absolute atomic E-state index is 13.6. The molecule has 18 heavy (non-hydrogen) atoms. The van der Waals surface area contributed by atoms with Crippen molar-refractivity contribution in [3.05, 3.63) is 34.1 Å². The van der Waals surface area contributed by atoms with Gasteiger partial charge in [-0.1, -0.05) is 22.0 Å². The first kappa shape index (κ1) is 13.0. The van der Waals surface area contributed by atoms with Gasteiger partial charge in [-0.15, -0.1) is 0 Å². The Kier molecular flexibility index (Phi) is 3.65. The van der Waals surface area contributed by atoms with Crippen LogP contribution in [-0.4, -0.2) is 41.8 Å². The normalized spacial score (nSPS) is 16.4. The van der Waals surface area contributed by atoms with E-state index >= 15 is 0 Å². The van der Waals surface area contributed by atoms with Gasteiger partial charge in [0.1, 0.15) is 12.4 Å². The van der Waals surface area contributed by atoms with Crippen molar-refractivity contribution < 1.29 is 14.0 Å². The molecule has 6 heteroatoms. The van der Waals surface area contributed by atoms with Crippen LogP contribution in [0.25, 0.3) is 0 Å². The van der Waals surface area contributed by atoms with Gasteiger partial charge >= 0.3 is 0 Å². The second-order valence-corrected chi connectivity index (χ2v) is 5.15. The van der Waals surface area contributed by atoms with Crippen molar-refractivity contribution >= 4 is 27.7 Å². The number of amides is 2. The summed E-state index contributed by atoms with van der Waals surface area (Å²) in [5.41, 5.74) is 0.406. The fraction of sp³-hybridized carbons (Fsp3) is 0.333. The highest BCUT2D eigenvalue weighted by Gasteiger charge is 2.27. The van der Waals surface area contributed by atoms with Crippen molar-refractivity contribution in [2.45, 2.75) is 6.54 Å². The molecule has 0 aromatic heterocycles. The lowest BCUT2D eigenvalue weighted by Crippen LogP contribution is -2.51. The molecule has 1 saturated heterocycles. The van der Waals surface area contributed by atoms with Crippen molar-refractivity contribution in [3.63, 3.8) is 0 Å². The van der Waals surface area contributed by atoms with Crippen molar-refractivity contribution in [1.82, 2.24) is 9.80 Å². The third-order valence-corrected chi connectivity index (χ3v) is 3.35. The quantitative estimate of drug-likeness (QED) is 0.827. The molecule has 0 aliphatic carbocycles. The number of carbonyl (C=O) groups is 2. The molecular weight excluding hydrogens is 303 g/mol. The van der Waals surface area contributed by atoms with Crippen LogP contribution in [0.3, 0.4) is 0 Å². The van der Waals surface area contributed by atoms with Gasteiger partial charge < -0.3 is 9.80 Å². The molecule has 0 bridgehead atoms. The van der Waals surface area contributed by atoms with Gasteiger partial charge in [-0.25, -0.2) is 4.39 Å². The van der Waals surface area contributed by atoms with Crippen molar-refractivity contribution in [3.8, 4) is 0 Å². The molecule has 2 amide bonds. The van der Waals surface area contributed by atoms with Gasteiger partial charge in [0.2, 0.25) is 11.8 Å². The minimum Gasteiger partial charge on any atom is -0.335 e. The standard InChI is InChI=1S/C12H12BrFN2O2/c1-15-6-12(18)16(7-11(15)17)5-8-2-3-9(13)4-10(8)14/h2-4H,5-7H2,1H3. The Hall–Kier alpha value is -1.43. The first-order chi connectivity index (χ1) is 8.47. The van der Waals surface area contributed by atoms with Gasteiger partial charge in [-0.3, -0.25) is 9.59 Å². The van der Waals surface area contributed by atoms with Gasteiger partial charge in [0.15, 0.2) is 0 Å². The minimum absolute atomic E-state index is 0.00480. The number of likely N-dealkylation sites (N-methyl/N-ethyl adjacent to an activating group) is 1. The Balaban J connectivity index is 2.13. The Morgan fingerprint density at radius 2 is 2.00 bits per heavy atom. The molecule has 2 rings (SSSR count). The predicted octanol–water partition coefficient (Wildman–Crippen LogP) is 1.39. The number of rotatable bonds is 2. The zero-order chi connectivity index (χ0) is 13.3. The van der Waals surface area contributed by atoms with Crippen molar-refractivity contribution in [2.24, 2.45) is 0 Å². The van der Waals surface area contributed by atoms with E-state index in [0.717, 1.165) is 0 Å². The summed E-state index contributed by atoms with van der Waals surface area (Å²) in [7, 11) is 1.58. The summed E-state index contributed by atoms with van der Waals surface area (Å²) >= 11 is 3.17. The smallest absolute Gasteiger partial charge is 0.242 e. The van der Waals surface area contributed by atoms with Gasteiger partial charge in [0.25, 0.3) is 0 Å². The maximum atomic E-state index is 13.6. The second-order valence-electron chi connectivity index (χ2n) is 4.24. The summed E-state index contributed by atoms with van der Waals surface area (Å²) < 4.78 is 14.3. The molecule has 96 valence electrons. The molecule has 0 unspecified atom stereocenters. The lowest BCUT2D eigenvalue weighted by atomic mass is 10.2. The third-order valence-electron chi connectivity index (χ3n) is 2.85. The van der Waals surface area contributed by atoms with E-state index < -0.39 is 0 Å². The minimum atomic E-state index is -0.386. The lowest BCUT2D eigenvalue weighted by Gasteiger charge is -2.31. The maximum Gasteiger partial charge on any atom is 0.242 e. The number of piperazine rings is 1. The van der Waals surface area contributed by atoms with Crippen LogP contribution in [0, 0.1) is 5.82 Å². The molecule has 1 aromatic carbocycles. The molecule has 1 aliphatic heterocycles. The molecule has 1 aromatic rings. The van der Waals surface area contributed by atoms with E-state index in [-0.39, 0.29) is 37.3 Å². The van der Waals surface area contributed by atoms with E-state index in [1.165, 1.54) is 15.9 Å². The van der Waals surface area contributed by atoms with Crippen LogP contribution in [0.15, 0.2) is 22.7 Å². The second kappa shape index (κ2) is 5.06. The molecule has 1 fully saturated rings. The molecule has 0 radical (unpaired) electrons. The van der Waals surface area contributed by atoms with Crippen molar-refractivity contribution in [1.29, 1.82) is 0 Å². The average molecular weight is 315 g/mol. The Bertz CT molecular complexity index is 507. The largest absolute Gasteiger partial charge is 0.335 e. The summed E-state index contributed by atoms with van der Waals surface area (Å²) in [5, 5.41) is 0. The number of hydrogen-bond acceptors (Lipinski definition) is 2. The Morgan fingerprint density at radius 1 is 1.28 bits per heavy atom. The van der Waals surface area contributed by atoms with Crippen LogP contribution >= 0.6 is 15.9 Å². The van der Waals surface area contributed by atoms with Gasteiger partial charge in [0, 0.05) is 23.6 Å². The zero-order valence-corrected chi connectivity index (χ0v) is 11.4. The molecule has 4 nitrogen and oxygen atoms in total. The molecule has 0 saturated carbocycles. The number of halogens is 2. The van der Waals surface area contributed by atoms with Crippen LogP contribution < -0.4 is 0 Å². The Morgan fingerprint density at radius 3 is 2.67 bits per heavy atom. The molecular formula is C12H12BrFN2O2. The average Bonchev–Trinajstić information content (AvgIpc) is 2.29. The van der Waals surface area contributed by atoms with E-state index in [1.807, 2.05) is 0 Å². The summed E-state index contributed by atoms with van der Waals surface area (Å²) in [6.07, 6.45) is 0. The summed E-state index contributed by atoms with van der Waals surface area (Å²) in [5.74, 6) is -0.685. The zero-order valence-electron chi connectivity index (χ0n) is 9.82. The van der Waals surface area contributed by atoms with Crippen LogP contribution in [0.2, 0.25) is 0 Å². The first-order valence-corrected chi connectivity index (χ1v) is 6.22. The summed E-state index contributed by atoms with van der Waals surface area (Å²) in [6.45, 7) is 0.180. The van der Waals surface area contributed by atoms with Crippen LogP contribution in [0.4, 0.5) is 4.39 Å². The topological polar surface area (TPSA) is 40.6 Å².